The van der Waals surface area contributed by atoms with Crippen molar-refractivity contribution in [3.8, 4) is 22.3 Å². The molecule has 0 radical (unpaired) electrons. The molecule has 1 aromatic carbocycles. The molecule has 4 aromatic rings. The zero-order valence-electron chi connectivity index (χ0n) is 19.6. The van der Waals surface area contributed by atoms with Crippen molar-refractivity contribution in [3.63, 3.8) is 0 Å². The minimum Gasteiger partial charge on any atom is -0.444 e. The first-order valence-electron chi connectivity index (χ1n) is 11.4. The Kier molecular flexibility index (Phi) is 5.43. The quantitative estimate of drug-likeness (QED) is 0.449. The maximum atomic E-state index is 12.6. The second kappa shape index (κ2) is 8.44. The van der Waals surface area contributed by atoms with Gasteiger partial charge in [0.1, 0.15) is 11.4 Å². The molecular weight excluding hydrogens is 428 g/mol. The first-order chi connectivity index (χ1) is 16.3. The number of likely N-dealkylation sites (tertiary alicyclic amines) is 1. The fraction of sp³-hybridized carbons (Fsp3) is 0.308. The first kappa shape index (κ1) is 21.9. The normalized spacial score (nSPS) is 16.2. The van der Waals surface area contributed by atoms with Gasteiger partial charge in [0.15, 0.2) is 0 Å². The number of aromatic amines is 1. The summed E-state index contributed by atoms with van der Waals surface area (Å²) in [5.41, 5.74) is 10.5. The Morgan fingerprint density at radius 2 is 2.00 bits per heavy atom. The van der Waals surface area contributed by atoms with Gasteiger partial charge in [0, 0.05) is 65.9 Å². The van der Waals surface area contributed by atoms with Crippen molar-refractivity contribution in [2.24, 2.45) is 0 Å². The number of pyridine rings is 2. The number of benzene rings is 1. The monoisotopic (exact) mass is 456 g/mol. The Balaban J connectivity index is 1.52. The van der Waals surface area contributed by atoms with Gasteiger partial charge < -0.3 is 15.4 Å². The number of nitrogens with two attached hydrogens (primary N) is 1. The maximum absolute atomic E-state index is 12.6. The number of fused-ring (bicyclic) bond motifs is 1. The summed E-state index contributed by atoms with van der Waals surface area (Å²) in [6.45, 7) is 6.95. The summed E-state index contributed by atoms with van der Waals surface area (Å²) in [5.74, 6) is 0.647. The lowest BCUT2D eigenvalue weighted by Crippen LogP contribution is -2.35. The molecule has 1 saturated heterocycles. The van der Waals surface area contributed by atoms with Crippen LogP contribution in [0.4, 0.5) is 10.6 Å². The average molecular weight is 457 g/mol. The molecule has 0 aliphatic carbocycles. The minimum atomic E-state index is -0.513. The molecule has 0 spiro atoms. The lowest BCUT2D eigenvalue weighted by molar-refractivity contribution is 0.0292. The van der Waals surface area contributed by atoms with E-state index in [2.05, 4.69) is 32.3 Å². The van der Waals surface area contributed by atoms with E-state index in [9.17, 15) is 4.79 Å². The highest BCUT2D eigenvalue weighted by atomic mass is 16.6. The van der Waals surface area contributed by atoms with Gasteiger partial charge in [-0.2, -0.15) is 5.10 Å². The van der Waals surface area contributed by atoms with Crippen LogP contribution in [-0.2, 0) is 4.74 Å². The van der Waals surface area contributed by atoms with E-state index in [0.29, 0.717) is 18.9 Å². The van der Waals surface area contributed by atoms with Crippen molar-refractivity contribution >= 4 is 22.7 Å². The lowest BCUT2D eigenvalue weighted by atomic mass is 9.90. The van der Waals surface area contributed by atoms with Crippen LogP contribution in [0.15, 0.2) is 55.2 Å². The summed E-state index contributed by atoms with van der Waals surface area (Å²) < 4.78 is 5.59. The van der Waals surface area contributed by atoms with E-state index < -0.39 is 5.60 Å². The van der Waals surface area contributed by atoms with Gasteiger partial charge in [-0.15, -0.1) is 0 Å². The Hall–Kier alpha value is -3.94. The van der Waals surface area contributed by atoms with Crippen molar-refractivity contribution in [2.45, 2.75) is 38.7 Å². The highest BCUT2D eigenvalue weighted by Crippen LogP contribution is 2.37. The lowest BCUT2D eigenvalue weighted by Gasteiger charge is -2.24. The Bertz CT molecular complexity index is 1340. The largest absolute Gasteiger partial charge is 0.444 e. The van der Waals surface area contributed by atoms with Crippen LogP contribution in [0.5, 0.6) is 0 Å². The van der Waals surface area contributed by atoms with E-state index in [1.165, 1.54) is 5.56 Å². The molecule has 34 heavy (non-hydrogen) atoms. The van der Waals surface area contributed by atoms with E-state index in [1.807, 2.05) is 39.1 Å². The molecular formula is C26H28N6O2. The smallest absolute Gasteiger partial charge is 0.410 e. The van der Waals surface area contributed by atoms with Gasteiger partial charge in [-0.1, -0.05) is 6.07 Å². The molecule has 174 valence electrons. The molecule has 1 unspecified atom stereocenters. The maximum Gasteiger partial charge on any atom is 0.410 e. The molecule has 1 amide bonds. The van der Waals surface area contributed by atoms with Crippen LogP contribution in [0.1, 0.15) is 38.7 Å². The van der Waals surface area contributed by atoms with E-state index in [-0.39, 0.29) is 12.0 Å². The third-order valence-electron chi connectivity index (χ3n) is 6.13. The number of hydrogen-bond donors (Lipinski definition) is 2. The van der Waals surface area contributed by atoms with Gasteiger partial charge in [-0.25, -0.2) is 9.78 Å². The van der Waals surface area contributed by atoms with E-state index in [1.54, 1.807) is 29.7 Å². The van der Waals surface area contributed by atoms with Crippen LogP contribution in [0.25, 0.3) is 33.0 Å². The number of amides is 1. The van der Waals surface area contributed by atoms with E-state index in [4.69, 9.17) is 10.5 Å². The molecule has 1 aliphatic heterocycles. The fourth-order valence-electron chi connectivity index (χ4n) is 4.50. The molecule has 4 heterocycles. The Morgan fingerprint density at radius 3 is 2.76 bits per heavy atom. The van der Waals surface area contributed by atoms with Crippen LogP contribution >= 0.6 is 0 Å². The van der Waals surface area contributed by atoms with Crippen LogP contribution in [0.3, 0.4) is 0 Å². The molecule has 1 aliphatic rings. The van der Waals surface area contributed by atoms with Gasteiger partial charge in [-0.05, 0) is 61.9 Å². The van der Waals surface area contributed by atoms with Crippen molar-refractivity contribution < 1.29 is 9.53 Å². The van der Waals surface area contributed by atoms with Crippen LogP contribution in [0.2, 0.25) is 0 Å². The molecule has 3 N–H and O–H groups in total. The molecule has 0 bridgehead atoms. The third kappa shape index (κ3) is 4.31. The molecule has 5 rings (SSSR count). The minimum absolute atomic E-state index is 0.189. The SMILES string of the molecule is CC(C)(C)OC(=O)N1CCC(c2cc(-c3cnc(N)c(-c4cn[nH]c4)c3)cc3ccncc23)C1. The number of ether oxygens (including phenoxy) is 1. The summed E-state index contributed by atoms with van der Waals surface area (Å²) in [7, 11) is 0. The van der Waals surface area contributed by atoms with Gasteiger partial charge in [-0.3, -0.25) is 10.1 Å². The van der Waals surface area contributed by atoms with Crippen LogP contribution in [-0.4, -0.2) is 49.8 Å². The number of aromatic nitrogens is 4. The topological polar surface area (TPSA) is 110 Å². The summed E-state index contributed by atoms with van der Waals surface area (Å²) in [4.78, 5) is 23.2. The summed E-state index contributed by atoms with van der Waals surface area (Å²) >= 11 is 0. The van der Waals surface area contributed by atoms with Gasteiger partial charge in [0.05, 0.1) is 6.20 Å². The number of nitrogen functional groups attached to an aromatic ring is 1. The standard InChI is InChI=1S/C26H28N6O2/c1-26(2,3)34-25(33)32-7-5-17(15-32)21-9-18(8-16-4-6-28-14-23(16)21)19-10-22(24(27)29-11-19)20-12-30-31-13-20/h4,6,8-14,17H,5,7,15H2,1-3H3,(H2,27,29)(H,30,31). The number of nitrogens with one attached hydrogen (secondary N) is 1. The average Bonchev–Trinajstić information content (AvgIpc) is 3.50. The molecule has 1 atom stereocenters. The van der Waals surface area contributed by atoms with Gasteiger partial charge in [0.25, 0.3) is 0 Å². The zero-order valence-corrected chi connectivity index (χ0v) is 19.6. The first-order valence-corrected chi connectivity index (χ1v) is 11.4. The van der Waals surface area contributed by atoms with Crippen molar-refractivity contribution in [1.29, 1.82) is 0 Å². The summed E-state index contributed by atoms with van der Waals surface area (Å²) in [6, 6.07) is 8.40. The van der Waals surface area contributed by atoms with Crippen molar-refractivity contribution in [3.05, 3.63) is 60.8 Å². The van der Waals surface area contributed by atoms with E-state index in [0.717, 1.165) is 39.4 Å². The third-order valence-corrected chi connectivity index (χ3v) is 6.13. The number of carbonyl (C=O) groups excluding carboxylic acids is 1. The number of carbonyl (C=O) groups is 1. The number of anilines is 1. The molecule has 8 heteroatoms. The number of H-pyrrole nitrogens is 1. The van der Waals surface area contributed by atoms with Crippen LogP contribution in [0, 0.1) is 0 Å². The predicted molar refractivity (Wildman–Crippen MR) is 132 cm³/mol. The molecule has 8 nitrogen and oxygen atoms in total. The summed E-state index contributed by atoms with van der Waals surface area (Å²) in [5, 5.41) is 9.06. The predicted octanol–water partition coefficient (Wildman–Crippen LogP) is 4.99. The summed E-state index contributed by atoms with van der Waals surface area (Å²) in [6.07, 6.45) is 9.65. The van der Waals surface area contributed by atoms with Gasteiger partial charge in [0.2, 0.25) is 0 Å². The molecule has 1 fully saturated rings. The highest BCUT2D eigenvalue weighted by molar-refractivity contribution is 5.91. The molecule has 0 saturated carbocycles. The van der Waals surface area contributed by atoms with Crippen molar-refractivity contribution in [2.75, 3.05) is 18.8 Å². The highest BCUT2D eigenvalue weighted by Gasteiger charge is 2.31. The fourth-order valence-corrected chi connectivity index (χ4v) is 4.50. The second-order valence-corrected chi connectivity index (χ2v) is 9.72. The van der Waals surface area contributed by atoms with Crippen LogP contribution < -0.4 is 5.73 Å². The second-order valence-electron chi connectivity index (χ2n) is 9.72. The Labute approximate surface area is 198 Å². The van der Waals surface area contributed by atoms with E-state index >= 15 is 0 Å². The van der Waals surface area contributed by atoms with Gasteiger partial charge >= 0.3 is 6.09 Å². The number of hydrogen-bond acceptors (Lipinski definition) is 6. The Morgan fingerprint density at radius 1 is 1.15 bits per heavy atom. The molecule has 3 aromatic heterocycles. The zero-order chi connectivity index (χ0) is 23.9. The number of rotatable bonds is 3. The number of nitrogens with zero attached hydrogens (tertiary/aromatic N) is 4. The van der Waals surface area contributed by atoms with Crippen molar-refractivity contribution in [1.82, 2.24) is 25.1 Å².